The van der Waals surface area contributed by atoms with E-state index in [1.54, 1.807) is 0 Å². The maximum absolute atomic E-state index is 12.7. The third-order valence-electron chi connectivity index (χ3n) is 6.06. The van der Waals surface area contributed by atoms with Crippen molar-refractivity contribution in [1.82, 2.24) is 25.3 Å². The minimum Gasteiger partial charge on any atom is -0.354 e. The van der Waals surface area contributed by atoms with Gasteiger partial charge in [-0.2, -0.15) is 4.98 Å². The van der Waals surface area contributed by atoms with Crippen molar-refractivity contribution in [2.75, 3.05) is 19.6 Å². The van der Waals surface area contributed by atoms with Gasteiger partial charge in [0.15, 0.2) is 5.82 Å². The van der Waals surface area contributed by atoms with E-state index in [-0.39, 0.29) is 17.9 Å². The molecule has 2 bridgehead atoms. The first-order chi connectivity index (χ1) is 12.5. The smallest absolute Gasteiger partial charge is 0.240 e. The van der Waals surface area contributed by atoms with Crippen molar-refractivity contribution < 1.29 is 14.1 Å². The maximum atomic E-state index is 12.7. The molecule has 0 aliphatic carbocycles. The first-order valence-electron chi connectivity index (χ1n) is 9.58. The molecule has 0 unspecified atom stereocenters. The monoisotopic (exact) mass is 361 g/mol. The third-order valence-corrected chi connectivity index (χ3v) is 6.06. The van der Waals surface area contributed by atoms with Gasteiger partial charge in [0.1, 0.15) is 0 Å². The number of carbonyl (C=O) groups is 2. The summed E-state index contributed by atoms with van der Waals surface area (Å²) in [6.07, 6.45) is 3.79. The van der Waals surface area contributed by atoms with Gasteiger partial charge in [0.2, 0.25) is 17.7 Å². The second-order valence-corrected chi connectivity index (χ2v) is 7.95. The zero-order valence-corrected chi connectivity index (χ0v) is 15.5. The molecule has 2 amide bonds. The summed E-state index contributed by atoms with van der Waals surface area (Å²) < 4.78 is 5.29. The number of aryl methyl sites for hydroxylation is 1. The van der Waals surface area contributed by atoms with E-state index >= 15 is 0 Å². The van der Waals surface area contributed by atoms with E-state index in [1.807, 2.05) is 6.92 Å². The number of fused-ring (bicyclic) bond motifs is 4. The second-order valence-electron chi connectivity index (χ2n) is 7.95. The molecule has 3 aliphatic rings. The molecule has 1 aromatic heterocycles. The molecule has 1 N–H and O–H groups in total. The average molecular weight is 361 g/mol. The summed E-state index contributed by atoms with van der Waals surface area (Å²) in [7, 11) is 0. The number of piperidine rings is 3. The highest BCUT2D eigenvalue weighted by Crippen LogP contribution is 2.41. The molecule has 1 aromatic rings. The van der Waals surface area contributed by atoms with Gasteiger partial charge >= 0.3 is 0 Å². The van der Waals surface area contributed by atoms with Gasteiger partial charge < -0.3 is 14.7 Å². The molecule has 0 radical (unpaired) electrons. The van der Waals surface area contributed by atoms with Crippen LogP contribution in [0.1, 0.15) is 44.3 Å². The molecule has 3 fully saturated rings. The zero-order chi connectivity index (χ0) is 18.3. The van der Waals surface area contributed by atoms with E-state index < -0.39 is 0 Å². The van der Waals surface area contributed by atoms with Gasteiger partial charge in [0.05, 0.1) is 12.6 Å². The summed E-state index contributed by atoms with van der Waals surface area (Å²) in [6, 6.07) is 0.374. The van der Waals surface area contributed by atoms with E-state index in [2.05, 4.69) is 25.3 Å². The lowest BCUT2D eigenvalue weighted by atomic mass is 9.72. The standard InChI is InChI=1S/C18H27N5O3/c1-11-20-17(26-21-11)10-22-8-13-6-14(9-22)16(7-19-12(2)24)23-15(13)4-3-5-18(23)25/h13-16H,3-10H2,1-2H3,(H,19,24)/t13-,14+,15+,16+/m1/s1. The van der Waals surface area contributed by atoms with Gasteiger partial charge in [-0.3, -0.25) is 14.5 Å². The number of hydrogen-bond acceptors (Lipinski definition) is 6. The van der Waals surface area contributed by atoms with Gasteiger partial charge in [-0.05, 0) is 38.0 Å². The lowest BCUT2D eigenvalue weighted by Crippen LogP contribution is -2.66. The molecule has 4 rings (SSSR count). The zero-order valence-electron chi connectivity index (χ0n) is 15.5. The molecule has 26 heavy (non-hydrogen) atoms. The highest BCUT2D eigenvalue weighted by molar-refractivity contribution is 5.78. The topological polar surface area (TPSA) is 91.6 Å². The van der Waals surface area contributed by atoms with Crippen molar-refractivity contribution in [2.24, 2.45) is 11.8 Å². The molecule has 8 heteroatoms. The number of rotatable bonds is 4. The molecular weight excluding hydrogens is 334 g/mol. The SMILES string of the molecule is CC(=O)NC[C@H]1[C@H]2C[C@H](CN(Cc3nc(C)no3)C2)[C@@H]2CCCC(=O)N21. The van der Waals surface area contributed by atoms with Crippen molar-refractivity contribution >= 4 is 11.8 Å². The molecule has 4 atom stereocenters. The largest absolute Gasteiger partial charge is 0.354 e. The Morgan fingerprint density at radius 1 is 1.35 bits per heavy atom. The van der Waals surface area contributed by atoms with Crippen LogP contribution in [0.4, 0.5) is 0 Å². The fourth-order valence-electron chi connectivity index (χ4n) is 5.11. The fourth-order valence-corrected chi connectivity index (χ4v) is 5.11. The Bertz CT molecular complexity index is 690. The third kappa shape index (κ3) is 3.34. The van der Waals surface area contributed by atoms with E-state index in [9.17, 15) is 9.59 Å². The number of amides is 2. The molecule has 0 aromatic carbocycles. The van der Waals surface area contributed by atoms with Crippen LogP contribution in [0.25, 0.3) is 0 Å². The number of carbonyl (C=O) groups excluding carboxylic acids is 2. The van der Waals surface area contributed by atoms with Gasteiger partial charge in [-0.1, -0.05) is 5.16 Å². The summed E-state index contributed by atoms with van der Waals surface area (Å²) in [4.78, 5) is 32.9. The van der Waals surface area contributed by atoms with Gasteiger partial charge in [-0.15, -0.1) is 0 Å². The number of aromatic nitrogens is 2. The molecule has 3 saturated heterocycles. The highest BCUT2D eigenvalue weighted by atomic mass is 16.5. The van der Waals surface area contributed by atoms with Crippen LogP contribution in [0.3, 0.4) is 0 Å². The summed E-state index contributed by atoms with van der Waals surface area (Å²) in [6.45, 7) is 6.40. The van der Waals surface area contributed by atoms with Crippen molar-refractivity contribution in [2.45, 2.75) is 58.2 Å². The van der Waals surface area contributed by atoms with Crippen LogP contribution in [0.5, 0.6) is 0 Å². The van der Waals surface area contributed by atoms with Crippen molar-refractivity contribution in [3.63, 3.8) is 0 Å². The van der Waals surface area contributed by atoms with E-state index in [4.69, 9.17) is 4.52 Å². The summed E-state index contributed by atoms with van der Waals surface area (Å²) in [5, 5.41) is 6.83. The molecule has 0 spiro atoms. The first kappa shape index (κ1) is 17.5. The molecule has 142 valence electrons. The summed E-state index contributed by atoms with van der Waals surface area (Å²) >= 11 is 0. The Hall–Kier alpha value is -1.96. The van der Waals surface area contributed by atoms with Crippen LogP contribution in [-0.2, 0) is 16.1 Å². The molecular formula is C18H27N5O3. The number of likely N-dealkylation sites (tertiary alicyclic amines) is 1. The normalized spacial score (nSPS) is 31.6. The first-order valence-corrected chi connectivity index (χ1v) is 9.58. The van der Waals surface area contributed by atoms with Gasteiger partial charge in [-0.25, -0.2) is 0 Å². The molecule has 3 aliphatic heterocycles. The maximum Gasteiger partial charge on any atom is 0.240 e. The minimum atomic E-state index is -0.0397. The number of nitrogens with one attached hydrogen (secondary N) is 1. The predicted octanol–water partition coefficient (Wildman–Crippen LogP) is 0.716. The molecule has 4 heterocycles. The number of hydrogen-bond donors (Lipinski definition) is 1. The quantitative estimate of drug-likeness (QED) is 0.849. The van der Waals surface area contributed by atoms with E-state index in [0.717, 1.165) is 32.4 Å². The Balaban J connectivity index is 1.53. The van der Waals surface area contributed by atoms with Crippen LogP contribution in [0, 0.1) is 18.8 Å². The van der Waals surface area contributed by atoms with Gasteiger partial charge in [0.25, 0.3) is 0 Å². The minimum absolute atomic E-state index is 0.0397. The van der Waals surface area contributed by atoms with Crippen LogP contribution in [-0.4, -0.2) is 63.5 Å². The second kappa shape index (κ2) is 6.98. The lowest BCUT2D eigenvalue weighted by Gasteiger charge is -2.56. The van der Waals surface area contributed by atoms with Crippen LogP contribution < -0.4 is 5.32 Å². The van der Waals surface area contributed by atoms with Crippen molar-refractivity contribution in [1.29, 1.82) is 0 Å². The van der Waals surface area contributed by atoms with Crippen LogP contribution in [0.2, 0.25) is 0 Å². The average Bonchev–Trinajstić information content (AvgIpc) is 3.00. The van der Waals surface area contributed by atoms with Crippen LogP contribution >= 0.6 is 0 Å². The Morgan fingerprint density at radius 2 is 2.15 bits per heavy atom. The summed E-state index contributed by atoms with van der Waals surface area (Å²) in [5.41, 5.74) is 0. The van der Waals surface area contributed by atoms with E-state index in [0.29, 0.717) is 49.1 Å². The Morgan fingerprint density at radius 3 is 2.88 bits per heavy atom. The molecule has 8 nitrogen and oxygen atoms in total. The van der Waals surface area contributed by atoms with E-state index in [1.165, 1.54) is 6.92 Å². The van der Waals surface area contributed by atoms with Crippen molar-refractivity contribution in [3.05, 3.63) is 11.7 Å². The Kier molecular flexibility index (Phi) is 4.69. The predicted molar refractivity (Wildman–Crippen MR) is 92.9 cm³/mol. The Labute approximate surface area is 153 Å². The highest BCUT2D eigenvalue weighted by Gasteiger charge is 2.49. The van der Waals surface area contributed by atoms with Crippen LogP contribution in [0.15, 0.2) is 4.52 Å². The molecule has 0 saturated carbocycles. The fraction of sp³-hybridized carbons (Fsp3) is 0.778. The summed E-state index contributed by atoms with van der Waals surface area (Å²) in [5.74, 6) is 2.37. The van der Waals surface area contributed by atoms with Gasteiger partial charge in [0, 0.05) is 39.0 Å². The van der Waals surface area contributed by atoms with Crippen molar-refractivity contribution in [3.8, 4) is 0 Å². The number of nitrogens with zero attached hydrogens (tertiary/aromatic N) is 4. The lowest BCUT2D eigenvalue weighted by molar-refractivity contribution is -0.153.